The van der Waals surface area contributed by atoms with Gasteiger partial charge < -0.3 is 11.1 Å². The molecule has 0 saturated carbocycles. The lowest BCUT2D eigenvalue weighted by Crippen LogP contribution is -2.16. The van der Waals surface area contributed by atoms with Crippen molar-refractivity contribution in [2.45, 2.75) is 6.54 Å². The minimum absolute atomic E-state index is 0.171. The van der Waals surface area contributed by atoms with Gasteiger partial charge in [0.2, 0.25) is 0 Å². The van der Waals surface area contributed by atoms with E-state index in [9.17, 15) is 4.39 Å². The highest BCUT2D eigenvalue weighted by molar-refractivity contribution is 7.80. The van der Waals surface area contributed by atoms with Gasteiger partial charge >= 0.3 is 0 Å². The lowest BCUT2D eigenvalue weighted by molar-refractivity contribution is 0.626. The summed E-state index contributed by atoms with van der Waals surface area (Å²) in [6.45, 7) is 0.423. The van der Waals surface area contributed by atoms with Gasteiger partial charge in [0.15, 0.2) is 5.82 Å². The van der Waals surface area contributed by atoms with Crippen LogP contribution in [0.3, 0.4) is 0 Å². The summed E-state index contributed by atoms with van der Waals surface area (Å²) in [6, 6.07) is 6.31. The number of halogens is 1. The Hall–Kier alpha value is -2.08. The molecule has 3 N–H and O–H groups in total. The lowest BCUT2D eigenvalue weighted by atomic mass is 10.2. The molecule has 2 rings (SSSR count). The van der Waals surface area contributed by atoms with Gasteiger partial charge in [0.05, 0.1) is 0 Å². The second kappa shape index (κ2) is 5.50. The third-order valence-electron chi connectivity index (χ3n) is 2.28. The zero-order valence-corrected chi connectivity index (χ0v) is 10.2. The normalized spacial score (nSPS) is 10.1. The maximum Gasteiger partial charge on any atom is 0.155 e. The highest BCUT2D eigenvalue weighted by atomic mass is 32.1. The third-order valence-corrected chi connectivity index (χ3v) is 2.47. The average molecular weight is 262 g/mol. The summed E-state index contributed by atoms with van der Waals surface area (Å²) in [5.74, 6) is 0.220. The summed E-state index contributed by atoms with van der Waals surface area (Å²) < 4.78 is 13.0. The van der Waals surface area contributed by atoms with Gasteiger partial charge in [-0.05, 0) is 17.7 Å². The van der Waals surface area contributed by atoms with E-state index in [0.717, 1.165) is 5.56 Å². The van der Waals surface area contributed by atoms with Crippen molar-refractivity contribution in [2.24, 2.45) is 5.73 Å². The molecule has 0 amide bonds. The first kappa shape index (κ1) is 12.4. The van der Waals surface area contributed by atoms with Gasteiger partial charge in [-0.1, -0.05) is 24.4 Å². The van der Waals surface area contributed by atoms with E-state index in [-0.39, 0.29) is 10.8 Å². The van der Waals surface area contributed by atoms with Crippen LogP contribution < -0.4 is 11.1 Å². The first-order valence-corrected chi connectivity index (χ1v) is 5.67. The molecule has 4 nitrogen and oxygen atoms in total. The molecule has 0 atom stereocenters. The van der Waals surface area contributed by atoms with E-state index in [1.54, 1.807) is 6.07 Å². The van der Waals surface area contributed by atoms with E-state index in [0.29, 0.717) is 18.1 Å². The summed E-state index contributed by atoms with van der Waals surface area (Å²) >= 11 is 4.88. The van der Waals surface area contributed by atoms with Crippen LogP contribution in [0.4, 0.5) is 10.2 Å². The third kappa shape index (κ3) is 2.98. The SMILES string of the molecule is NC(=S)c1nccnc1NCc1cccc(F)c1. The quantitative estimate of drug-likeness (QED) is 0.823. The summed E-state index contributed by atoms with van der Waals surface area (Å²) in [7, 11) is 0. The van der Waals surface area contributed by atoms with E-state index in [1.165, 1.54) is 24.5 Å². The smallest absolute Gasteiger partial charge is 0.155 e. The molecule has 2 aromatic rings. The number of hydrogen-bond acceptors (Lipinski definition) is 4. The van der Waals surface area contributed by atoms with E-state index in [2.05, 4.69) is 15.3 Å². The van der Waals surface area contributed by atoms with Crippen LogP contribution in [0.1, 0.15) is 11.3 Å². The Morgan fingerprint density at radius 2 is 2.11 bits per heavy atom. The van der Waals surface area contributed by atoms with Crippen LogP contribution in [0.2, 0.25) is 0 Å². The molecule has 0 bridgehead atoms. The summed E-state index contributed by atoms with van der Waals surface area (Å²) in [6.07, 6.45) is 3.05. The molecule has 18 heavy (non-hydrogen) atoms. The Labute approximate surface area is 109 Å². The van der Waals surface area contributed by atoms with E-state index >= 15 is 0 Å². The molecular weight excluding hydrogens is 251 g/mol. The number of benzene rings is 1. The van der Waals surface area contributed by atoms with Crippen LogP contribution in [-0.2, 0) is 6.54 Å². The molecule has 0 unspecified atom stereocenters. The Bertz CT molecular complexity index is 574. The summed E-state index contributed by atoms with van der Waals surface area (Å²) in [4.78, 5) is 8.32. The monoisotopic (exact) mass is 262 g/mol. The second-order valence-corrected chi connectivity index (χ2v) is 4.04. The number of aromatic nitrogens is 2. The fraction of sp³-hybridized carbons (Fsp3) is 0.0833. The predicted molar refractivity (Wildman–Crippen MR) is 71.6 cm³/mol. The number of anilines is 1. The van der Waals surface area contributed by atoms with E-state index in [1.807, 2.05) is 6.07 Å². The molecule has 1 aromatic carbocycles. The molecule has 0 fully saturated rings. The molecule has 1 aromatic heterocycles. The molecule has 0 aliphatic rings. The fourth-order valence-corrected chi connectivity index (χ4v) is 1.63. The van der Waals surface area contributed by atoms with Crippen molar-refractivity contribution in [3.8, 4) is 0 Å². The van der Waals surface area contributed by atoms with Crippen LogP contribution in [0.15, 0.2) is 36.7 Å². The van der Waals surface area contributed by atoms with Crippen molar-refractivity contribution in [1.82, 2.24) is 9.97 Å². The molecule has 6 heteroatoms. The van der Waals surface area contributed by atoms with Gasteiger partial charge in [-0.2, -0.15) is 0 Å². The maximum absolute atomic E-state index is 13.0. The Morgan fingerprint density at radius 1 is 1.33 bits per heavy atom. The van der Waals surface area contributed by atoms with Gasteiger partial charge in [0.25, 0.3) is 0 Å². The minimum atomic E-state index is -0.275. The molecule has 0 aliphatic heterocycles. The van der Waals surface area contributed by atoms with Crippen molar-refractivity contribution in [3.63, 3.8) is 0 Å². The fourth-order valence-electron chi connectivity index (χ4n) is 1.48. The number of thiocarbonyl (C=S) groups is 1. The first-order valence-electron chi connectivity index (χ1n) is 5.26. The molecule has 1 heterocycles. The van der Waals surface area contributed by atoms with Gasteiger partial charge in [0, 0.05) is 18.9 Å². The van der Waals surface area contributed by atoms with Crippen molar-refractivity contribution in [2.75, 3.05) is 5.32 Å². The van der Waals surface area contributed by atoms with Crippen LogP contribution in [0.25, 0.3) is 0 Å². The highest BCUT2D eigenvalue weighted by Gasteiger charge is 2.07. The number of nitrogens with two attached hydrogens (primary N) is 1. The van der Waals surface area contributed by atoms with Crippen LogP contribution in [0, 0.1) is 5.82 Å². The largest absolute Gasteiger partial charge is 0.388 e. The average Bonchev–Trinajstić information content (AvgIpc) is 2.37. The van der Waals surface area contributed by atoms with Crippen molar-refractivity contribution < 1.29 is 4.39 Å². The first-order chi connectivity index (χ1) is 8.66. The Kier molecular flexibility index (Phi) is 3.78. The number of hydrogen-bond donors (Lipinski definition) is 2. The molecular formula is C12H11FN4S. The molecule has 0 aliphatic carbocycles. The minimum Gasteiger partial charge on any atom is -0.388 e. The van der Waals surface area contributed by atoms with Gasteiger partial charge in [-0.3, -0.25) is 0 Å². The van der Waals surface area contributed by atoms with Gasteiger partial charge in [-0.25, -0.2) is 14.4 Å². The predicted octanol–water partition coefficient (Wildman–Crippen LogP) is 1.86. The van der Waals surface area contributed by atoms with Crippen LogP contribution >= 0.6 is 12.2 Å². The standard InChI is InChI=1S/C12H11FN4S/c13-9-3-1-2-8(6-9)7-17-12-10(11(14)18)15-4-5-16-12/h1-6H,7H2,(H2,14,18)(H,16,17). The zero-order valence-electron chi connectivity index (χ0n) is 9.43. The van der Waals surface area contributed by atoms with Crippen LogP contribution in [-0.4, -0.2) is 15.0 Å². The summed E-state index contributed by atoms with van der Waals surface area (Å²) in [5, 5.41) is 3.03. The second-order valence-electron chi connectivity index (χ2n) is 3.60. The number of nitrogens with one attached hydrogen (secondary N) is 1. The van der Waals surface area contributed by atoms with Crippen molar-refractivity contribution >= 4 is 23.0 Å². The number of rotatable bonds is 4. The molecule has 0 saturated heterocycles. The van der Waals surface area contributed by atoms with E-state index in [4.69, 9.17) is 18.0 Å². The van der Waals surface area contributed by atoms with Crippen molar-refractivity contribution in [3.05, 3.63) is 53.7 Å². The molecule has 92 valence electrons. The molecule has 0 spiro atoms. The maximum atomic E-state index is 13.0. The topological polar surface area (TPSA) is 63.8 Å². The van der Waals surface area contributed by atoms with Crippen LogP contribution in [0.5, 0.6) is 0 Å². The highest BCUT2D eigenvalue weighted by Crippen LogP contribution is 2.11. The molecule has 0 radical (unpaired) electrons. The van der Waals surface area contributed by atoms with Gasteiger partial charge in [-0.15, -0.1) is 0 Å². The van der Waals surface area contributed by atoms with Gasteiger partial charge in [0.1, 0.15) is 16.5 Å². The zero-order chi connectivity index (χ0) is 13.0. The van der Waals surface area contributed by atoms with Crippen molar-refractivity contribution in [1.29, 1.82) is 0 Å². The lowest BCUT2D eigenvalue weighted by Gasteiger charge is -2.08. The number of nitrogens with zero attached hydrogens (tertiary/aromatic N) is 2. The Balaban J connectivity index is 2.13. The summed E-state index contributed by atoms with van der Waals surface area (Å²) in [5.41, 5.74) is 6.77. The Morgan fingerprint density at radius 3 is 2.83 bits per heavy atom. The van der Waals surface area contributed by atoms with E-state index < -0.39 is 0 Å².